The van der Waals surface area contributed by atoms with E-state index in [-0.39, 0.29) is 17.7 Å². The van der Waals surface area contributed by atoms with Crippen LogP contribution in [-0.4, -0.2) is 40.0 Å². The molecule has 1 fully saturated rings. The van der Waals surface area contributed by atoms with Crippen LogP contribution in [0, 0.1) is 0 Å². The van der Waals surface area contributed by atoms with Gasteiger partial charge in [0, 0.05) is 5.56 Å². The van der Waals surface area contributed by atoms with Gasteiger partial charge in [-0.15, -0.1) is 0 Å². The number of aromatic nitrogens is 2. The lowest BCUT2D eigenvalue weighted by molar-refractivity contribution is 0.0178. The van der Waals surface area contributed by atoms with E-state index in [4.69, 9.17) is 16.3 Å². The number of nitrogens with one attached hydrogen (secondary N) is 2. The van der Waals surface area contributed by atoms with E-state index in [1.54, 1.807) is 29.2 Å². The van der Waals surface area contributed by atoms with Gasteiger partial charge in [0.1, 0.15) is 11.9 Å². The van der Waals surface area contributed by atoms with Crippen LogP contribution in [0.15, 0.2) is 47.3 Å². The molecule has 0 aliphatic carbocycles. The van der Waals surface area contributed by atoms with Crippen molar-refractivity contribution in [3.05, 3.63) is 63.5 Å². The molecule has 0 saturated carbocycles. The van der Waals surface area contributed by atoms with Crippen molar-refractivity contribution in [3.63, 3.8) is 0 Å². The zero-order chi connectivity index (χ0) is 16.7. The van der Waals surface area contributed by atoms with Crippen LogP contribution in [0.5, 0.6) is 5.75 Å². The molecule has 7 heteroatoms. The second-order valence-electron chi connectivity index (χ2n) is 5.72. The number of imidazole rings is 1. The molecule has 0 atom stereocenters. The molecule has 0 unspecified atom stereocenters. The zero-order valence-electron chi connectivity index (χ0n) is 12.6. The first-order valence-corrected chi connectivity index (χ1v) is 7.90. The summed E-state index contributed by atoms with van der Waals surface area (Å²) in [7, 11) is 0. The number of aromatic amines is 2. The molecule has 4 rings (SSSR count). The third-order valence-electron chi connectivity index (χ3n) is 4.03. The molecule has 1 aromatic heterocycles. The topological polar surface area (TPSA) is 78.2 Å². The molecule has 2 aromatic carbocycles. The van der Waals surface area contributed by atoms with Gasteiger partial charge in [0.2, 0.25) is 0 Å². The van der Waals surface area contributed by atoms with Crippen LogP contribution < -0.4 is 10.4 Å². The maximum atomic E-state index is 12.5. The first kappa shape index (κ1) is 14.8. The maximum absolute atomic E-state index is 12.5. The quantitative estimate of drug-likeness (QED) is 0.766. The first-order chi connectivity index (χ1) is 11.6. The molecule has 24 heavy (non-hydrogen) atoms. The van der Waals surface area contributed by atoms with E-state index in [9.17, 15) is 9.59 Å². The fourth-order valence-electron chi connectivity index (χ4n) is 2.75. The normalized spacial score (nSPS) is 14.6. The molecule has 2 N–H and O–H groups in total. The fraction of sp³-hybridized carbons (Fsp3) is 0.176. The molecule has 6 nitrogen and oxygen atoms in total. The van der Waals surface area contributed by atoms with E-state index in [1.807, 2.05) is 18.2 Å². The average molecular weight is 344 g/mol. The molecule has 0 radical (unpaired) electrons. The number of benzene rings is 2. The molecule has 2 heterocycles. The molecule has 122 valence electrons. The summed E-state index contributed by atoms with van der Waals surface area (Å²) in [6.07, 6.45) is -0.0651. The highest BCUT2D eigenvalue weighted by Gasteiger charge is 2.33. The first-order valence-electron chi connectivity index (χ1n) is 7.52. The summed E-state index contributed by atoms with van der Waals surface area (Å²) < 4.78 is 5.79. The Labute approximate surface area is 142 Å². The van der Waals surface area contributed by atoms with Gasteiger partial charge < -0.3 is 19.6 Å². The van der Waals surface area contributed by atoms with Crippen LogP contribution in [0.3, 0.4) is 0 Å². The van der Waals surface area contributed by atoms with Crippen molar-refractivity contribution in [2.75, 3.05) is 13.1 Å². The largest absolute Gasteiger partial charge is 0.485 e. The third kappa shape index (κ3) is 2.65. The van der Waals surface area contributed by atoms with Gasteiger partial charge >= 0.3 is 5.69 Å². The lowest BCUT2D eigenvalue weighted by Gasteiger charge is -2.39. The second-order valence-corrected chi connectivity index (χ2v) is 6.13. The molecule has 0 spiro atoms. The second kappa shape index (κ2) is 5.72. The van der Waals surface area contributed by atoms with Crippen LogP contribution in [-0.2, 0) is 0 Å². The van der Waals surface area contributed by atoms with Crippen molar-refractivity contribution in [2.45, 2.75) is 6.10 Å². The summed E-state index contributed by atoms with van der Waals surface area (Å²) in [4.78, 5) is 30.8. The van der Waals surface area contributed by atoms with Crippen LogP contribution in [0.4, 0.5) is 0 Å². The van der Waals surface area contributed by atoms with Gasteiger partial charge in [-0.25, -0.2) is 4.79 Å². The Kier molecular flexibility index (Phi) is 3.54. The molecule has 0 bridgehead atoms. The predicted molar refractivity (Wildman–Crippen MR) is 90.7 cm³/mol. The minimum absolute atomic E-state index is 0.0651. The van der Waals surface area contributed by atoms with Gasteiger partial charge in [-0.1, -0.05) is 23.7 Å². The van der Waals surface area contributed by atoms with Crippen LogP contribution >= 0.6 is 11.6 Å². The number of hydrogen-bond acceptors (Lipinski definition) is 3. The number of H-pyrrole nitrogens is 2. The van der Waals surface area contributed by atoms with Crippen molar-refractivity contribution in [1.29, 1.82) is 0 Å². The van der Waals surface area contributed by atoms with E-state index in [2.05, 4.69) is 9.97 Å². The minimum atomic E-state index is -0.285. The summed E-state index contributed by atoms with van der Waals surface area (Å²) in [5, 5.41) is 0.559. The van der Waals surface area contributed by atoms with E-state index in [0.717, 1.165) is 0 Å². The number of fused-ring (bicyclic) bond motifs is 1. The Balaban J connectivity index is 1.43. The number of ether oxygens (including phenoxy) is 1. The standard InChI is InChI=1S/C17H14ClN3O3/c18-12-3-1-2-4-15(12)24-11-8-21(9-11)16(22)10-5-6-13-14(7-10)20-17(23)19-13/h1-7,11H,8-9H2,(H2,19,20,23). The molecule has 1 aliphatic heterocycles. The highest BCUT2D eigenvalue weighted by atomic mass is 35.5. The predicted octanol–water partition coefficient (Wildman–Crippen LogP) is 2.41. The van der Waals surface area contributed by atoms with Gasteiger partial charge in [0.15, 0.2) is 0 Å². The Morgan fingerprint density at radius 1 is 1.12 bits per heavy atom. The van der Waals surface area contributed by atoms with E-state index in [1.165, 1.54) is 0 Å². The summed E-state index contributed by atoms with van der Waals surface area (Å²) >= 11 is 6.06. The average Bonchev–Trinajstić information content (AvgIpc) is 2.90. The zero-order valence-corrected chi connectivity index (χ0v) is 13.3. The maximum Gasteiger partial charge on any atom is 0.323 e. The number of hydrogen-bond donors (Lipinski definition) is 2. The van der Waals surface area contributed by atoms with Crippen LogP contribution in [0.2, 0.25) is 5.02 Å². The number of carbonyl (C=O) groups is 1. The number of nitrogens with zero attached hydrogens (tertiary/aromatic N) is 1. The van der Waals surface area contributed by atoms with Crippen LogP contribution in [0.1, 0.15) is 10.4 Å². The molecule has 3 aromatic rings. The number of para-hydroxylation sites is 1. The monoisotopic (exact) mass is 343 g/mol. The van der Waals surface area contributed by atoms with E-state index in [0.29, 0.717) is 40.5 Å². The molecular weight excluding hydrogens is 330 g/mol. The Bertz CT molecular complexity index is 972. The van der Waals surface area contributed by atoms with Crippen molar-refractivity contribution >= 4 is 28.5 Å². The van der Waals surface area contributed by atoms with Gasteiger partial charge in [0.05, 0.1) is 29.1 Å². The smallest absolute Gasteiger partial charge is 0.323 e. The van der Waals surface area contributed by atoms with Crippen LogP contribution in [0.25, 0.3) is 11.0 Å². The fourth-order valence-corrected chi connectivity index (χ4v) is 2.93. The van der Waals surface area contributed by atoms with Crippen molar-refractivity contribution in [1.82, 2.24) is 14.9 Å². The Morgan fingerprint density at radius 3 is 2.67 bits per heavy atom. The molecular formula is C17H14ClN3O3. The van der Waals surface area contributed by atoms with Gasteiger partial charge in [-0.2, -0.15) is 0 Å². The van der Waals surface area contributed by atoms with Crippen molar-refractivity contribution in [2.24, 2.45) is 0 Å². The molecule has 1 saturated heterocycles. The summed E-state index contributed by atoms with van der Waals surface area (Å²) in [5.74, 6) is 0.542. The minimum Gasteiger partial charge on any atom is -0.485 e. The molecule has 1 amide bonds. The lowest BCUT2D eigenvalue weighted by atomic mass is 10.1. The van der Waals surface area contributed by atoms with Crippen molar-refractivity contribution in [3.8, 4) is 5.75 Å². The summed E-state index contributed by atoms with van der Waals surface area (Å²) in [6.45, 7) is 1.01. The SMILES string of the molecule is O=C(c1ccc2[nH]c(=O)[nH]c2c1)N1CC(Oc2ccccc2Cl)C1. The Morgan fingerprint density at radius 2 is 1.88 bits per heavy atom. The third-order valence-corrected chi connectivity index (χ3v) is 4.34. The highest BCUT2D eigenvalue weighted by Crippen LogP contribution is 2.27. The van der Waals surface area contributed by atoms with E-state index < -0.39 is 0 Å². The number of carbonyl (C=O) groups excluding carboxylic acids is 1. The van der Waals surface area contributed by atoms with E-state index >= 15 is 0 Å². The van der Waals surface area contributed by atoms with Crippen molar-refractivity contribution < 1.29 is 9.53 Å². The number of halogens is 1. The summed E-state index contributed by atoms with van der Waals surface area (Å²) in [6, 6.07) is 12.4. The van der Waals surface area contributed by atoms with Gasteiger partial charge in [-0.3, -0.25) is 4.79 Å². The van der Waals surface area contributed by atoms with Gasteiger partial charge in [-0.05, 0) is 30.3 Å². The molecule has 1 aliphatic rings. The summed E-state index contributed by atoms with van der Waals surface area (Å²) in [5.41, 5.74) is 1.55. The number of likely N-dealkylation sites (tertiary alicyclic amines) is 1. The van der Waals surface area contributed by atoms with Gasteiger partial charge in [0.25, 0.3) is 5.91 Å². The highest BCUT2D eigenvalue weighted by molar-refractivity contribution is 6.32. The lowest BCUT2D eigenvalue weighted by Crippen LogP contribution is -2.56. The Hall–Kier alpha value is -2.73. The number of rotatable bonds is 3. The number of amides is 1.